The third-order valence-corrected chi connectivity index (χ3v) is 1.89. The summed E-state index contributed by atoms with van der Waals surface area (Å²) >= 11 is 0. The van der Waals surface area contributed by atoms with Gasteiger partial charge in [-0.15, -0.1) is 0 Å². The Kier molecular flexibility index (Phi) is 7.37. The van der Waals surface area contributed by atoms with Crippen molar-refractivity contribution in [1.29, 1.82) is 0 Å². The van der Waals surface area contributed by atoms with Gasteiger partial charge >= 0.3 is 5.97 Å². The number of nitrogens with one attached hydrogen (secondary N) is 1. The molecule has 0 aromatic rings. The summed E-state index contributed by atoms with van der Waals surface area (Å²) in [5.41, 5.74) is 0. The molecule has 2 unspecified atom stereocenters. The molecule has 5 heteroatoms. The molecule has 0 spiro atoms. The molecule has 0 heterocycles. The van der Waals surface area contributed by atoms with Crippen molar-refractivity contribution >= 4 is 5.97 Å². The van der Waals surface area contributed by atoms with Gasteiger partial charge in [0.05, 0.1) is 19.8 Å². The van der Waals surface area contributed by atoms with Crippen molar-refractivity contribution in [2.45, 2.75) is 19.1 Å². The van der Waals surface area contributed by atoms with Crippen molar-refractivity contribution < 1.29 is 19.0 Å². The molecule has 2 atom stereocenters. The second-order valence-corrected chi connectivity index (χ2v) is 2.97. The Labute approximate surface area is 84.7 Å². The Hall–Kier alpha value is -0.650. The fourth-order valence-corrected chi connectivity index (χ4v) is 0.965. The topological polar surface area (TPSA) is 56.8 Å². The number of hydrogen-bond acceptors (Lipinski definition) is 5. The van der Waals surface area contributed by atoms with Gasteiger partial charge in [-0.3, -0.25) is 4.79 Å². The Balaban J connectivity index is 3.72. The number of hydrogen-bond donors (Lipinski definition) is 1. The van der Waals surface area contributed by atoms with Crippen LogP contribution in [-0.2, 0) is 19.0 Å². The summed E-state index contributed by atoms with van der Waals surface area (Å²) in [5, 5.41) is 2.99. The van der Waals surface area contributed by atoms with Crippen LogP contribution in [0, 0.1) is 0 Å². The highest BCUT2D eigenvalue weighted by atomic mass is 16.5. The van der Waals surface area contributed by atoms with Crippen LogP contribution in [0.5, 0.6) is 0 Å². The molecule has 0 saturated heterocycles. The highest BCUT2D eigenvalue weighted by Crippen LogP contribution is 1.91. The van der Waals surface area contributed by atoms with Crippen molar-refractivity contribution in [3.05, 3.63) is 0 Å². The second kappa shape index (κ2) is 7.73. The van der Waals surface area contributed by atoms with Crippen LogP contribution >= 0.6 is 0 Å². The molecule has 0 saturated carbocycles. The quantitative estimate of drug-likeness (QED) is 0.583. The van der Waals surface area contributed by atoms with Crippen molar-refractivity contribution in [2.75, 3.05) is 34.5 Å². The molecule has 0 aromatic heterocycles. The molecule has 0 fully saturated rings. The number of rotatable bonds is 7. The lowest BCUT2D eigenvalue weighted by Crippen LogP contribution is -2.41. The van der Waals surface area contributed by atoms with Crippen LogP contribution in [0.15, 0.2) is 0 Å². The van der Waals surface area contributed by atoms with E-state index in [0.717, 1.165) is 0 Å². The van der Waals surface area contributed by atoms with Gasteiger partial charge in [0.25, 0.3) is 0 Å². The highest BCUT2D eigenvalue weighted by molar-refractivity contribution is 5.75. The molecular formula is C9H19NO4. The van der Waals surface area contributed by atoms with Gasteiger partial charge in [-0.1, -0.05) is 0 Å². The second-order valence-electron chi connectivity index (χ2n) is 2.97. The number of methoxy groups -OCH3 is 3. The number of carbonyl (C=O) groups excluding carboxylic acids is 1. The first-order valence-corrected chi connectivity index (χ1v) is 4.48. The molecule has 1 N–H and O–H groups in total. The molecule has 0 amide bonds. The van der Waals surface area contributed by atoms with E-state index in [1.165, 1.54) is 7.11 Å². The third-order valence-electron chi connectivity index (χ3n) is 1.89. The van der Waals surface area contributed by atoms with Gasteiger partial charge in [-0.2, -0.15) is 0 Å². The minimum atomic E-state index is -0.325. The van der Waals surface area contributed by atoms with Crippen LogP contribution in [0.2, 0.25) is 0 Å². The van der Waals surface area contributed by atoms with Crippen LogP contribution in [-0.4, -0.2) is 52.6 Å². The third kappa shape index (κ3) is 5.16. The highest BCUT2D eigenvalue weighted by Gasteiger charge is 2.14. The van der Waals surface area contributed by atoms with E-state index >= 15 is 0 Å². The van der Waals surface area contributed by atoms with Crippen molar-refractivity contribution in [1.82, 2.24) is 5.32 Å². The van der Waals surface area contributed by atoms with Gasteiger partial charge in [-0.25, -0.2) is 0 Å². The monoisotopic (exact) mass is 205 g/mol. The molecular weight excluding hydrogens is 186 g/mol. The van der Waals surface area contributed by atoms with Crippen LogP contribution in [0.3, 0.4) is 0 Å². The van der Waals surface area contributed by atoms with Crippen LogP contribution in [0.1, 0.15) is 6.92 Å². The minimum Gasteiger partial charge on any atom is -0.468 e. The molecule has 5 nitrogen and oxygen atoms in total. The first-order chi connectivity index (χ1) is 6.65. The molecule has 0 aliphatic heterocycles. The lowest BCUT2D eigenvalue weighted by Gasteiger charge is -2.17. The van der Waals surface area contributed by atoms with Crippen LogP contribution < -0.4 is 5.32 Å². The molecule has 0 rings (SSSR count). The van der Waals surface area contributed by atoms with Crippen molar-refractivity contribution in [3.8, 4) is 0 Å². The molecule has 14 heavy (non-hydrogen) atoms. The van der Waals surface area contributed by atoms with Gasteiger partial charge in [0, 0.05) is 20.8 Å². The van der Waals surface area contributed by atoms with E-state index in [1.807, 2.05) is 0 Å². The number of esters is 1. The molecule has 0 bridgehead atoms. The summed E-state index contributed by atoms with van der Waals surface area (Å²) in [6, 6.07) is -0.325. The fraction of sp³-hybridized carbons (Fsp3) is 0.889. The fourth-order valence-electron chi connectivity index (χ4n) is 0.965. The van der Waals surface area contributed by atoms with E-state index < -0.39 is 0 Å². The first kappa shape index (κ1) is 13.4. The van der Waals surface area contributed by atoms with E-state index in [9.17, 15) is 4.79 Å². The Morgan fingerprint density at radius 3 is 2.43 bits per heavy atom. The van der Waals surface area contributed by atoms with E-state index in [4.69, 9.17) is 9.47 Å². The van der Waals surface area contributed by atoms with E-state index in [0.29, 0.717) is 13.2 Å². The maximum atomic E-state index is 11.0. The molecule has 0 aromatic carbocycles. The minimum absolute atomic E-state index is 0.0490. The van der Waals surface area contributed by atoms with E-state index in [2.05, 4.69) is 10.1 Å². The summed E-state index contributed by atoms with van der Waals surface area (Å²) in [5.74, 6) is -0.280. The molecule has 84 valence electrons. The zero-order valence-corrected chi connectivity index (χ0v) is 9.20. The normalized spacial score (nSPS) is 14.9. The lowest BCUT2D eigenvalue weighted by atomic mass is 10.3. The molecule has 0 aliphatic rings. The predicted molar refractivity (Wildman–Crippen MR) is 52.2 cm³/mol. The average molecular weight is 205 g/mol. The Morgan fingerprint density at radius 1 is 1.36 bits per heavy atom. The van der Waals surface area contributed by atoms with Gasteiger partial charge in [-0.05, 0) is 6.92 Å². The largest absolute Gasteiger partial charge is 0.468 e. The van der Waals surface area contributed by atoms with Gasteiger partial charge in [0.1, 0.15) is 6.04 Å². The van der Waals surface area contributed by atoms with Gasteiger partial charge in [0.2, 0.25) is 0 Å². The molecule has 0 radical (unpaired) electrons. The Morgan fingerprint density at radius 2 is 2.00 bits per heavy atom. The average Bonchev–Trinajstić information content (AvgIpc) is 2.22. The predicted octanol–water partition coefficient (Wildman–Crippen LogP) is -0.201. The summed E-state index contributed by atoms with van der Waals surface area (Å²) in [6.45, 7) is 2.79. The smallest absolute Gasteiger partial charge is 0.322 e. The Bertz CT molecular complexity index is 163. The SMILES string of the molecule is COCC(CNC(C)C(=O)OC)OC. The summed E-state index contributed by atoms with van der Waals surface area (Å²) in [6.07, 6.45) is -0.0490. The van der Waals surface area contributed by atoms with Gasteiger partial charge in [0.15, 0.2) is 0 Å². The summed E-state index contributed by atoms with van der Waals surface area (Å²) < 4.78 is 14.6. The van der Waals surface area contributed by atoms with Gasteiger partial charge < -0.3 is 19.5 Å². The van der Waals surface area contributed by atoms with Crippen LogP contribution in [0.4, 0.5) is 0 Å². The number of carbonyl (C=O) groups is 1. The standard InChI is InChI=1S/C9H19NO4/c1-7(9(11)14-4)10-5-8(13-3)6-12-2/h7-8,10H,5-6H2,1-4H3. The van der Waals surface area contributed by atoms with E-state index in [-0.39, 0.29) is 18.1 Å². The van der Waals surface area contributed by atoms with Crippen molar-refractivity contribution in [2.24, 2.45) is 0 Å². The zero-order chi connectivity index (χ0) is 11.0. The molecule has 0 aliphatic carbocycles. The van der Waals surface area contributed by atoms with E-state index in [1.54, 1.807) is 21.1 Å². The maximum absolute atomic E-state index is 11.0. The number of ether oxygens (including phenoxy) is 3. The maximum Gasteiger partial charge on any atom is 0.322 e. The summed E-state index contributed by atoms with van der Waals surface area (Å²) in [4.78, 5) is 11.0. The zero-order valence-electron chi connectivity index (χ0n) is 9.20. The first-order valence-electron chi connectivity index (χ1n) is 4.48. The van der Waals surface area contributed by atoms with Crippen LogP contribution in [0.25, 0.3) is 0 Å². The van der Waals surface area contributed by atoms with Crippen molar-refractivity contribution in [3.63, 3.8) is 0 Å². The summed E-state index contributed by atoms with van der Waals surface area (Å²) in [7, 11) is 4.58. The lowest BCUT2D eigenvalue weighted by molar-refractivity contribution is -0.142.